The van der Waals surface area contributed by atoms with Crippen LogP contribution >= 0.6 is 0 Å². The number of urea groups is 1. The summed E-state index contributed by atoms with van der Waals surface area (Å²) >= 11 is 0. The molecule has 2 unspecified atom stereocenters. The van der Waals surface area contributed by atoms with E-state index < -0.39 is 18.0 Å². The van der Waals surface area contributed by atoms with E-state index in [9.17, 15) is 15.0 Å². The van der Waals surface area contributed by atoms with Gasteiger partial charge in [-0.05, 0) is 6.92 Å². The highest BCUT2D eigenvalue weighted by Crippen LogP contribution is 2.31. The molecule has 7 nitrogen and oxygen atoms in total. The molecule has 7 heteroatoms. The van der Waals surface area contributed by atoms with Crippen molar-refractivity contribution in [2.24, 2.45) is 0 Å². The summed E-state index contributed by atoms with van der Waals surface area (Å²) in [6.45, 7) is 7.14. The number of carbonyl (C=O) groups excluding carboxylic acids is 1. The van der Waals surface area contributed by atoms with E-state index in [0.29, 0.717) is 5.76 Å². The highest BCUT2D eigenvalue weighted by Gasteiger charge is 2.50. The molecule has 0 aromatic carbocycles. The van der Waals surface area contributed by atoms with Crippen molar-refractivity contribution in [2.45, 2.75) is 45.1 Å². The van der Waals surface area contributed by atoms with Crippen molar-refractivity contribution < 1.29 is 19.5 Å². The lowest BCUT2D eigenvalue weighted by atomic mass is 9.93. The number of anilines is 1. The van der Waals surface area contributed by atoms with Gasteiger partial charge in [-0.3, -0.25) is 0 Å². The number of aromatic nitrogens is 1. The minimum Gasteiger partial charge on any atom is -0.369 e. The molecule has 0 radical (unpaired) electrons. The third kappa shape index (κ3) is 1.85. The molecule has 100 valence electrons. The second kappa shape index (κ2) is 3.69. The zero-order valence-electron chi connectivity index (χ0n) is 10.8. The zero-order chi connectivity index (χ0) is 13.7. The Morgan fingerprint density at radius 2 is 2.17 bits per heavy atom. The van der Waals surface area contributed by atoms with Gasteiger partial charge in [0.05, 0.1) is 0 Å². The maximum atomic E-state index is 11.7. The van der Waals surface area contributed by atoms with Gasteiger partial charge < -0.3 is 20.1 Å². The lowest BCUT2D eigenvalue weighted by Gasteiger charge is -2.27. The van der Waals surface area contributed by atoms with Gasteiger partial charge in [-0.2, -0.15) is 0 Å². The number of nitrogens with one attached hydrogen (secondary N) is 1. The molecule has 3 N–H and O–H groups in total. The van der Waals surface area contributed by atoms with Crippen LogP contribution in [-0.4, -0.2) is 33.4 Å². The predicted octanol–water partition coefficient (Wildman–Crippen LogP) is 0.529. The fourth-order valence-electron chi connectivity index (χ4n) is 1.71. The van der Waals surface area contributed by atoms with E-state index in [-0.39, 0.29) is 11.2 Å². The number of hydrogen-bond donors (Lipinski definition) is 3. The molecule has 1 aliphatic rings. The van der Waals surface area contributed by atoms with Gasteiger partial charge in [-0.25, -0.2) is 9.69 Å². The number of nitrogens with zero attached hydrogens (tertiary/aromatic N) is 2. The highest BCUT2D eigenvalue weighted by molar-refractivity contribution is 5.94. The number of carbonyl (C=O) groups is 1. The minimum absolute atomic E-state index is 0.166. The summed E-state index contributed by atoms with van der Waals surface area (Å²) in [7, 11) is 0. The van der Waals surface area contributed by atoms with E-state index in [1.54, 1.807) is 6.07 Å². The van der Waals surface area contributed by atoms with E-state index in [1.165, 1.54) is 6.92 Å². The largest absolute Gasteiger partial charge is 0.369 e. The van der Waals surface area contributed by atoms with Gasteiger partial charge in [0.1, 0.15) is 5.76 Å². The van der Waals surface area contributed by atoms with Gasteiger partial charge >= 0.3 is 6.03 Å². The number of aliphatic hydroxyl groups is 2. The second-order valence-corrected chi connectivity index (χ2v) is 5.58. The Kier molecular flexibility index (Phi) is 2.64. The Bertz CT molecular complexity index is 475. The first-order valence-corrected chi connectivity index (χ1v) is 5.62. The molecule has 1 fully saturated rings. The van der Waals surface area contributed by atoms with Crippen molar-refractivity contribution in [1.29, 1.82) is 0 Å². The summed E-state index contributed by atoms with van der Waals surface area (Å²) in [5.74, 6) is 0.751. The predicted molar refractivity (Wildman–Crippen MR) is 62.8 cm³/mol. The molecule has 2 rings (SSSR count). The molecule has 2 amide bonds. The number of rotatable bonds is 1. The first-order valence-electron chi connectivity index (χ1n) is 5.62. The molecule has 1 aliphatic heterocycles. The molecule has 1 aromatic heterocycles. The first-order chi connectivity index (χ1) is 8.14. The van der Waals surface area contributed by atoms with Crippen LogP contribution < -0.4 is 10.2 Å². The first kappa shape index (κ1) is 12.8. The third-order valence-electron chi connectivity index (χ3n) is 2.90. The van der Waals surface area contributed by atoms with Crippen LogP contribution in [0.1, 0.15) is 33.5 Å². The maximum Gasteiger partial charge on any atom is 0.327 e. The van der Waals surface area contributed by atoms with Crippen LogP contribution in [-0.2, 0) is 5.41 Å². The maximum absolute atomic E-state index is 11.7. The highest BCUT2D eigenvalue weighted by atomic mass is 16.5. The molecule has 0 saturated carbocycles. The van der Waals surface area contributed by atoms with Gasteiger partial charge in [0, 0.05) is 11.5 Å². The number of aliphatic hydroxyl groups excluding tert-OH is 1. The molecule has 2 heterocycles. The molecule has 1 saturated heterocycles. The van der Waals surface area contributed by atoms with Gasteiger partial charge in [-0.15, -0.1) is 0 Å². The Morgan fingerprint density at radius 3 is 2.56 bits per heavy atom. The van der Waals surface area contributed by atoms with Crippen LogP contribution in [0.2, 0.25) is 0 Å². The van der Waals surface area contributed by atoms with Crippen LogP contribution in [0.25, 0.3) is 0 Å². The summed E-state index contributed by atoms with van der Waals surface area (Å²) in [5.41, 5.74) is -2.02. The van der Waals surface area contributed by atoms with Crippen molar-refractivity contribution >= 4 is 11.8 Å². The smallest absolute Gasteiger partial charge is 0.327 e. The monoisotopic (exact) mass is 255 g/mol. The molecule has 1 aromatic rings. The normalized spacial score (nSPS) is 28.7. The Balaban J connectivity index is 2.38. The lowest BCUT2D eigenvalue weighted by Crippen LogP contribution is -2.49. The van der Waals surface area contributed by atoms with Crippen LogP contribution in [0.15, 0.2) is 10.6 Å². The summed E-state index contributed by atoms with van der Waals surface area (Å²) in [4.78, 5) is 12.6. The zero-order valence-corrected chi connectivity index (χ0v) is 10.8. The second-order valence-electron chi connectivity index (χ2n) is 5.58. The lowest BCUT2D eigenvalue weighted by molar-refractivity contribution is -0.0457. The molecule has 0 aliphatic carbocycles. The van der Waals surface area contributed by atoms with Crippen molar-refractivity contribution in [3.05, 3.63) is 11.8 Å². The van der Waals surface area contributed by atoms with Crippen LogP contribution in [0, 0.1) is 0 Å². The quantitative estimate of drug-likeness (QED) is 0.679. The van der Waals surface area contributed by atoms with Gasteiger partial charge in [0.2, 0.25) is 0 Å². The van der Waals surface area contributed by atoms with E-state index in [1.807, 2.05) is 20.8 Å². The SMILES string of the molecule is CC(C)(C)c1cc(N2C(=O)NC(O)C2(C)O)no1. The molecular weight excluding hydrogens is 238 g/mol. The van der Waals surface area contributed by atoms with Crippen molar-refractivity contribution in [1.82, 2.24) is 10.5 Å². The average molecular weight is 255 g/mol. The summed E-state index contributed by atoms with van der Waals surface area (Å²) in [6.07, 6.45) is -1.38. The molecule has 2 atom stereocenters. The van der Waals surface area contributed by atoms with E-state index in [4.69, 9.17) is 4.52 Å². The topological polar surface area (TPSA) is 98.8 Å². The Hall–Kier alpha value is -1.60. The van der Waals surface area contributed by atoms with Crippen molar-refractivity contribution in [2.75, 3.05) is 4.90 Å². The van der Waals surface area contributed by atoms with Crippen LogP contribution in [0.3, 0.4) is 0 Å². The van der Waals surface area contributed by atoms with E-state index in [0.717, 1.165) is 4.90 Å². The summed E-state index contributed by atoms with van der Waals surface area (Å²) < 4.78 is 5.15. The molecule has 0 spiro atoms. The molecule has 18 heavy (non-hydrogen) atoms. The van der Waals surface area contributed by atoms with Crippen LogP contribution in [0.4, 0.5) is 10.6 Å². The molecular formula is C11H17N3O4. The van der Waals surface area contributed by atoms with Crippen molar-refractivity contribution in [3.63, 3.8) is 0 Å². The fourth-order valence-corrected chi connectivity index (χ4v) is 1.71. The number of amides is 2. The average Bonchev–Trinajstić information content (AvgIpc) is 2.71. The van der Waals surface area contributed by atoms with Gasteiger partial charge in [0.15, 0.2) is 17.8 Å². The summed E-state index contributed by atoms with van der Waals surface area (Å²) in [6, 6.07) is 0.952. The molecule has 0 bridgehead atoms. The van der Waals surface area contributed by atoms with Gasteiger partial charge in [-0.1, -0.05) is 25.9 Å². The standard InChI is InChI=1S/C11H17N3O4/c1-10(2,3)6-5-7(13-18-6)14-9(16)12-8(15)11(14,4)17/h5,8,15,17H,1-4H3,(H,12,16). The fraction of sp³-hybridized carbons (Fsp3) is 0.636. The van der Waals surface area contributed by atoms with E-state index in [2.05, 4.69) is 10.5 Å². The minimum atomic E-state index is -1.76. The summed E-state index contributed by atoms with van der Waals surface area (Å²) in [5, 5.41) is 25.6. The van der Waals surface area contributed by atoms with Gasteiger partial charge in [0.25, 0.3) is 0 Å². The van der Waals surface area contributed by atoms with Crippen molar-refractivity contribution in [3.8, 4) is 0 Å². The Morgan fingerprint density at radius 1 is 1.56 bits per heavy atom. The Labute approximate surface area is 104 Å². The number of hydrogen-bond acceptors (Lipinski definition) is 5. The third-order valence-corrected chi connectivity index (χ3v) is 2.90. The van der Waals surface area contributed by atoms with Crippen LogP contribution in [0.5, 0.6) is 0 Å². The van der Waals surface area contributed by atoms with E-state index >= 15 is 0 Å².